The van der Waals surface area contributed by atoms with Gasteiger partial charge >= 0.3 is 0 Å². The Balaban J connectivity index is 1.90. The summed E-state index contributed by atoms with van der Waals surface area (Å²) in [4.78, 5) is 33.8. The zero-order valence-corrected chi connectivity index (χ0v) is 17.3. The van der Waals surface area contributed by atoms with Gasteiger partial charge in [0.25, 0.3) is 5.56 Å². The summed E-state index contributed by atoms with van der Waals surface area (Å²) < 4.78 is 0. The highest BCUT2D eigenvalue weighted by molar-refractivity contribution is 7.99. The average molecular weight is 396 g/mol. The molecule has 0 saturated heterocycles. The highest BCUT2D eigenvalue weighted by atomic mass is 32.2. The Kier molecular flexibility index (Phi) is 4.91. The minimum Gasteiger partial charge on any atom is -0.343 e. The van der Waals surface area contributed by atoms with Gasteiger partial charge in [-0.05, 0) is 23.8 Å². The van der Waals surface area contributed by atoms with Gasteiger partial charge in [-0.25, -0.2) is 4.98 Å². The number of H-pyrrole nitrogens is 1. The fourth-order valence-corrected chi connectivity index (χ4v) is 4.86. The van der Waals surface area contributed by atoms with E-state index in [-0.39, 0.29) is 22.7 Å². The lowest BCUT2D eigenvalue weighted by atomic mass is 9.69. The zero-order chi connectivity index (χ0) is 19.9. The Morgan fingerprint density at radius 1 is 1.18 bits per heavy atom. The largest absolute Gasteiger partial charge is 0.343 e. The minimum absolute atomic E-state index is 0.108. The lowest BCUT2D eigenvalue weighted by Crippen LogP contribution is -2.37. The first-order chi connectivity index (χ1) is 13.4. The van der Waals surface area contributed by atoms with Crippen molar-refractivity contribution in [3.05, 3.63) is 63.1 Å². The normalized spacial score (nSPS) is 20.4. The van der Waals surface area contributed by atoms with Gasteiger partial charge in [0.1, 0.15) is 5.82 Å². The van der Waals surface area contributed by atoms with Gasteiger partial charge in [0.15, 0.2) is 10.9 Å². The van der Waals surface area contributed by atoms with Gasteiger partial charge in [-0.3, -0.25) is 9.59 Å². The Morgan fingerprint density at radius 3 is 2.64 bits per heavy atom. The van der Waals surface area contributed by atoms with Crippen LogP contribution in [0.5, 0.6) is 0 Å². The fourth-order valence-electron chi connectivity index (χ4n) is 4.14. The number of hydrogen-bond acceptors (Lipinski definition) is 5. The van der Waals surface area contributed by atoms with Crippen LogP contribution in [0.15, 0.2) is 51.6 Å². The van der Waals surface area contributed by atoms with Crippen LogP contribution in [0.4, 0.5) is 5.82 Å². The second kappa shape index (κ2) is 7.24. The van der Waals surface area contributed by atoms with E-state index in [1.165, 1.54) is 0 Å². The number of fused-ring (bicyclic) bond motifs is 1. The van der Waals surface area contributed by atoms with Crippen LogP contribution in [0.2, 0.25) is 0 Å². The number of nitrogens with zero attached hydrogens (tertiary/aromatic N) is 1. The number of hydrogen-bond donors (Lipinski definition) is 2. The molecule has 4 rings (SSSR count). The van der Waals surface area contributed by atoms with E-state index < -0.39 is 0 Å². The molecule has 2 aliphatic rings. The van der Waals surface area contributed by atoms with Crippen molar-refractivity contribution in [1.82, 2.24) is 9.97 Å². The van der Waals surface area contributed by atoms with Crippen LogP contribution in [-0.2, 0) is 4.79 Å². The molecule has 1 unspecified atom stereocenters. The molecule has 2 N–H and O–H groups in total. The summed E-state index contributed by atoms with van der Waals surface area (Å²) in [6, 6.07) is 9.80. The number of aromatic amines is 1. The van der Waals surface area contributed by atoms with Crippen molar-refractivity contribution < 1.29 is 4.79 Å². The van der Waals surface area contributed by atoms with E-state index in [0.29, 0.717) is 23.0 Å². The van der Waals surface area contributed by atoms with Gasteiger partial charge in [-0.2, -0.15) is 0 Å². The molecule has 5 nitrogen and oxygen atoms in total. The van der Waals surface area contributed by atoms with Crippen LogP contribution in [-0.4, -0.2) is 21.5 Å². The number of Topliss-reactive ketones (excluding diaryl/α,β-unsaturated/α-hetero) is 1. The van der Waals surface area contributed by atoms with Crippen molar-refractivity contribution in [3.63, 3.8) is 0 Å². The number of rotatable bonds is 4. The Bertz CT molecular complexity index is 1010. The van der Waals surface area contributed by atoms with Crippen LogP contribution in [0, 0.1) is 5.41 Å². The van der Waals surface area contributed by atoms with E-state index in [1.807, 2.05) is 30.3 Å². The maximum Gasteiger partial charge on any atom is 0.257 e. The third kappa shape index (κ3) is 3.41. The quantitative estimate of drug-likeness (QED) is 0.590. The first kappa shape index (κ1) is 19.0. The summed E-state index contributed by atoms with van der Waals surface area (Å²) in [5.74, 6) is 1.21. The van der Waals surface area contributed by atoms with Crippen molar-refractivity contribution in [2.45, 2.75) is 51.1 Å². The van der Waals surface area contributed by atoms with Gasteiger partial charge in [0.05, 0.1) is 5.56 Å². The molecule has 0 amide bonds. The smallest absolute Gasteiger partial charge is 0.257 e. The van der Waals surface area contributed by atoms with Gasteiger partial charge in [0.2, 0.25) is 0 Å². The second-order valence-electron chi connectivity index (χ2n) is 8.28. The predicted molar refractivity (Wildman–Crippen MR) is 113 cm³/mol. The minimum atomic E-state index is -0.377. The first-order valence-electron chi connectivity index (χ1n) is 9.75. The summed E-state index contributed by atoms with van der Waals surface area (Å²) in [7, 11) is 0. The molecule has 2 aromatic rings. The van der Waals surface area contributed by atoms with Crippen LogP contribution >= 0.6 is 11.8 Å². The monoisotopic (exact) mass is 395 g/mol. The molecule has 2 heterocycles. The molecule has 0 radical (unpaired) electrons. The van der Waals surface area contributed by atoms with Crippen LogP contribution in [0.3, 0.4) is 0 Å². The molecule has 6 heteroatoms. The average Bonchev–Trinajstić information content (AvgIpc) is 2.64. The summed E-state index contributed by atoms with van der Waals surface area (Å²) in [6.07, 6.45) is 2.26. The van der Waals surface area contributed by atoms with Gasteiger partial charge in [-0.15, -0.1) is 0 Å². The number of thioether (sulfide) groups is 1. The Morgan fingerprint density at radius 2 is 1.93 bits per heavy atom. The molecule has 1 aliphatic heterocycles. The Hall–Kier alpha value is -2.34. The maximum absolute atomic E-state index is 13.1. The third-order valence-corrected chi connectivity index (χ3v) is 6.36. The highest BCUT2D eigenvalue weighted by Gasteiger charge is 2.42. The SMILES string of the molecule is CCCSc1nc2c(c(=O)[nH]1)C(c1ccccc1)C1=C(CC(C)(C)CC1=O)N2. The van der Waals surface area contributed by atoms with E-state index in [0.717, 1.165) is 35.4 Å². The summed E-state index contributed by atoms with van der Waals surface area (Å²) >= 11 is 1.54. The molecule has 0 fully saturated rings. The molecule has 1 aliphatic carbocycles. The van der Waals surface area contributed by atoms with E-state index in [1.54, 1.807) is 11.8 Å². The lowest BCUT2D eigenvalue weighted by Gasteiger charge is -2.38. The number of nitrogens with one attached hydrogen (secondary N) is 2. The number of allylic oxidation sites excluding steroid dienone is 2. The molecule has 0 spiro atoms. The highest BCUT2D eigenvalue weighted by Crippen LogP contribution is 2.47. The topological polar surface area (TPSA) is 74.8 Å². The number of anilines is 1. The number of carbonyl (C=O) groups excluding carboxylic acids is 1. The molecule has 0 bridgehead atoms. The van der Waals surface area contributed by atoms with Crippen molar-refractivity contribution in [2.24, 2.45) is 5.41 Å². The molecule has 0 saturated carbocycles. The van der Waals surface area contributed by atoms with Gasteiger partial charge < -0.3 is 10.3 Å². The van der Waals surface area contributed by atoms with Crippen LogP contribution in [0.1, 0.15) is 57.1 Å². The standard InChI is InChI=1S/C22H25N3O2S/c1-4-10-28-21-24-19-18(20(27)25-21)16(13-8-6-5-7-9-13)17-14(23-19)11-22(2,3)12-15(17)26/h5-9,16H,4,10-12H2,1-3H3,(H2,23,24,25,27). The predicted octanol–water partition coefficient (Wildman–Crippen LogP) is 4.47. The molecular formula is C22H25N3O2S. The second-order valence-corrected chi connectivity index (χ2v) is 9.37. The van der Waals surface area contributed by atoms with Crippen molar-refractivity contribution in [2.75, 3.05) is 11.1 Å². The van der Waals surface area contributed by atoms with Gasteiger partial charge in [0, 0.05) is 29.4 Å². The molecule has 1 aromatic heterocycles. The van der Waals surface area contributed by atoms with E-state index in [9.17, 15) is 9.59 Å². The summed E-state index contributed by atoms with van der Waals surface area (Å²) in [5.41, 5.74) is 2.84. The lowest BCUT2D eigenvalue weighted by molar-refractivity contribution is -0.118. The van der Waals surface area contributed by atoms with Crippen molar-refractivity contribution >= 4 is 23.4 Å². The molecule has 1 aromatic carbocycles. The summed E-state index contributed by atoms with van der Waals surface area (Å²) in [5, 5.41) is 3.98. The molecule has 146 valence electrons. The third-order valence-electron chi connectivity index (χ3n) is 5.28. The van der Waals surface area contributed by atoms with Gasteiger partial charge in [-0.1, -0.05) is 62.9 Å². The maximum atomic E-state index is 13.1. The van der Waals surface area contributed by atoms with E-state index in [4.69, 9.17) is 4.98 Å². The zero-order valence-electron chi connectivity index (χ0n) is 16.5. The molecule has 1 atom stereocenters. The molecule has 28 heavy (non-hydrogen) atoms. The fraction of sp³-hybridized carbons (Fsp3) is 0.409. The van der Waals surface area contributed by atoms with Crippen molar-refractivity contribution in [3.8, 4) is 0 Å². The number of ketones is 1. The van der Waals surface area contributed by atoms with E-state index in [2.05, 4.69) is 31.1 Å². The number of carbonyl (C=O) groups is 1. The number of benzene rings is 1. The molecular weight excluding hydrogens is 370 g/mol. The first-order valence-corrected chi connectivity index (χ1v) is 10.7. The number of aromatic nitrogens is 2. The summed E-state index contributed by atoms with van der Waals surface area (Å²) in [6.45, 7) is 6.31. The van der Waals surface area contributed by atoms with Crippen LogP contribution in [0.25, 0.3) is 0 Å². The van der Waals surface area contributed by atoms with Crippen molar-refractivity contribution in [1.29, 1.82) is 0 Å². The van der Waals surface area contributed by atoms with E-state index >= 15 is 0 Å². The Labute approximate surface area is 169 Å². The van der Waals surface area contributed by atoms with Crippen LogP contribution < -0.4 is 10.9 Å².